The first-order valence-corrected chi connectivity index (χ1v) is 6.34. The molecule has 0 saturated heterocycles. The van der Waals surface area contributed by atoms with Gasteiger partial charge in [-0.15, -0.1) is 0 Å². The molecule has 0 fully saturated rings. The summed E-state index contributed by atoms with van der Waals surface area (Å²) in [6.07, 6.45) is -2.00. The third-order valence-electron chi connectivity index (χ3n) is 2.79. The van der Waals surface area contributed by atoms with Gasteiger partial charge in [0.1, 0.15) is 11.9 Å². The van der Waals surface area contributed by atoms with Crippen molar-refractivity contribution in [3.63, 3.8) is 0 Å². The summed E-state index contributed by atoms with van der Waals surface area (Å²) >= 11 is 0. The van der Waals surface area contributed by atoms with Crippen LogP contribution in [0.25, 0.3) is 11.3 Å². The van der Waals surface area contributed by atoms with E-state index in [1.807, 2.05) is 0 Å². The zero-order chi connectivity index (χ0) is 18.5. The van der Waals surface area contributed by atoms with Gasteiger partial charge in [0.25, 0.3) is 0 Å². The first kappa shape index (κ1) is 19.1. The molecule has 130 valence electrons. The topological polar surface area (TPSA) is 92.4 Å². The molecule has 2 aromatic rings. The van der Waals surface area contributed by atoms with Crippen molar-refractivity contribution in [1.29, 1.82) is 0 Å². The maximum Gasteiger partial charge on any atom is 0.490 e. The molecule has 1 unspecified atom stereocenters. The number of carbonyl (C=O) groups is 2. The van der Waals surface area contributed by atoms with E-state index < -0.39 is 24.2 Å². The first-order chi connectivity index (χ1) is 11.0. The Morgan fingerprint density at radius 2 is 1.67 bits per heavy atom. The number of halogens is 4. The van der Waals surface area contributed by atoms with E-state index in [0.717, 1.165) is 5.56 Å². The highest BCUT2D eigenvalue weighted by Crippen LogP contribution is 2.19. The molecule has 1 aromatic heterocycles. The average Bonchev–Trinajstić information content (AvgIpc) is 2.96. The van der Waals surface area contributed by atoms with Crippen molar-refractivity contribution < 1.29 is 37.4 Å². The van der Waals surface area contributed by atoms with Gasteiger partial charge in [0.2, 0.25) is 0 Å². The summed E-state index contributed by atoms with van der Waals surface area (Å²) in [7, 11) is 0. The summed E-state index contributed by atoms with van der Waals surface area (Å²) in [5.74, 6) is -3.99. The molecular formula is C14H12F4N2O4. The van der Waals surface area contributed by atoms with Crippen LogP contribution >= 0.6 is 0 Å². The Hall–Kier alpha value is -2.91. The molecule has 0 aliphatic rings. The molecule has 6 nitrogen and oxygen atoms in total. The SMILES string of the molecule is CC(C(=O)O)n1cnc(-c2ccc(F)cc2)c1.O=C(O)C(F)(F)F. The maximum atomic E-state index is 12.7. The van der Waals surface area contributed by atoms with Crippen LogP contribution in [0.1, 0.15) is 13.0 Å². The number of carboxylic acids is 2. The minimum absolute atomic E-state index is 0.313. The van der Waals surface area contributed by atoms with Crippen LogP contribution < -0.4 is 0 Å². The van der Waals surface area contributed by atoms with Gasteiger partial charge in [-0.3, -0.25) is 0 Å². The number of nitrogens with zero attached hydrogens (tertiary/aromatic N) is 2. The molecule has 0 aliphatic heterocycles. The number of carboxylic acid groups (broad SMARTS) is 2. The van der Waals surface area contributed by atoms with E-state index in [-0.39, 0.29) is 5.82 Å². The van der Waals surface area contributed by atoms with E-state index in [0.29, 0.717) is 5.69 Å². The molecule has 0 bridgehead atoms. The quantitative estimate of drug-likeness (QED) is 0.832. The van der Waals surface area contributed by atoms with Gasteiger partial charge in [0.05, 0.1) is 12.0 Å². The number of aliphatic carboxylic acids is 2. The van der Waals surface area contributed by atoms with Gasteiger partial charge in [-0.25, -0.2) is 19.0 Å². The Morgan fingerprint density at radius 3 is 2.08 bits per heavy atom. The number of imidazole rings is 1. The van der Waals surface area contributed by atoms with Crippen LogP contribution in [0, 0.1) is 5.82 Å². The zero-order valence-electron chi connectivity index (χ0n) is 12.2. The lowest BCUT2D eigenvalue weighted by molar-refractivity contribution is -0.192. The lowest BCUT2D eigenvalue weighted by atomic mass is 10.2. The zero-order valence-corrected chi connectivity index (χ0v) is 12.2. The van der Waals surface area contributed by atoms with Crippen LogP contribution in [-0.4, -0.2) is 37.9 Å². The summed E-state index contributed by atoms with van der Waals surface area (Å²) in [5.41, 5.74) is 1.38. The van der Waals surface area contributed by atoms with Crippen LogP contribution in [0.3, 0.4) is 0 Å². The van der Waals surface area contributed by atoms with E-state index >= 15 is 0 Å². The molecule has 0 aliphatic carbocycles. The Kier molecular flexibility index (Phi) is 6.04. The number of benzene rings is 1. The molecule has 1 heterocycles. The molecule has 10 heteroatoms. The molecular weight excluding hydrogens is 336 g/mol. The van der Waals surface area contributed by atoms with Crippen molar-refractivity contribution in [2.45, 2.75) is 19.1 Å². The predicted molar refractivity (Wildman–Crippen MR) is 73.7 cm³/mol. The van der Waals surface area contributed by atoms with Gasteiger partial charge >= 0.3 is 18.1 Å². The molecule has 0 saturated carbocycles. The van der Waals surface area contributed by atoms with Gasteiger partial charge in [-0.05, 0) is 31.2 Å². The molecule has 2 N–H and O–H groups in total. The van der Waals surface area contributed by atoms with E-state index in [4.69, 9.17) is 15.0 Å². The fourth-order valence-electron chi connectivity index (χ4n) is 1.45. The van der Waals surface area contributed by atoms with Crippen LogP contribution in [0.2, 0.25) is 0 Å². The minimum atomic E-state index is -5.08. The Balaban J connectivity index is 0.000000351. The van der Waals surface area contributed by atoms with Crippen molar-refractivity contribution in [2.24, 2.45) is 0 Å². The number of alkyl halides is 3. The van der Waals surface area contributed by atoms with Gasteiger partial charge in [-0.2, -0.15) is 13.2 Å². The fourth-order valence-corrected chi connectivity index (χ4v) is 1.45. The molecule has 1 aromatic carbocycles. The molecule has 0 amide bonds. The van der Waals surface area contributed by atoms with E-state index in [9.17, 15) is 22.4 Å². The normalized spacial score (nSPS) is 12.0. The second kappa shape index (κ2) is 7.57. The molecule has 2 rings (SSSR count). The van der Waals surface area contributed by atoms with E-state index in [1.54, 1.807) is 25.3 Å². The number of rotatable bonds is 3. The highest BCUT2D eigenvalue weighted by molar-refractivity contribution is 5.73. The Morgan fingerprint density at radius 1 is 1.17 bits per heavy atom. The number of hydrogen-bond donors (Lipinski definition) is 2. The van der Waals surface area contributed by atoms with Crippen LogP contribution in [0.15, 0.2) is 36.8 Å². The van der Waals surface area contributed by atoms with Gasteiger partial charge in [0.15, 0.2) is 0 Å². The second-order valence-electron chi connectivity index (χ2n) is 4.53. The minimum Gasteiger partial charge on any atom is -0.480 e. The maximum absolute atomic E-state index is 12.7. The Bertz CT molecular complexity index is 710. The van der Waals surface area contributed by atoms with Crippen molar-refractivity contribution >= 4 is 11.9 Å². The number of aromatic nitrogens is 2. The highest BCUT2D eigenvalue weighted by Gasteiger charge is 2.38. The van der Waals surface area contributed by atoms with Crippen LogP contribution in [0.5, 0.6) is 0 Å². The predicted octanol–water partition coefficient (Wildman–Crippen LogP) is 2.97. The summed E-state index contributed by atoms with van der Waals surface area (Å²) in [6, 6.07) is 5.22. The summed E-state index contributed by atoms with van der Waals surface area (Å²) in [6.45, 7) is 1.57. The smallest absolute Gasteiger partial charge is 0.480 e. The van der Waals surface area contributed by atoms with Gasteiger partial charge < -0.3 is 14.8 Å². The number of hydrogen-bond acceptors (Lipinski definition) is 3. The van der Waals surface area contributed by atoms with Crippen molar-refractivity contribution in [2.75, 3.05) is 0 Å². The standard InChI is InChI=1S/C12H11FN2O2.C2HF3O2/c1-8(12(16)17)15-6-11(14-7-15)9-2-4-10(13)5-3-9;3-2(4,5)1(6)7/h2-8H,1H3,(H,16,17);(H,6,7). The lowest BCUT2D eigenvalue weighted by Crippen LogP contribution is -2.21. The van der Waals surface area contributed by atoms with Crippen LogP contribution in [0.4, 0.5) is 17.6 Å². The summed E-state index contributed by atoms with van der Waals surface area (Å²) in [4.78, 5) is 23.8. The van der Waals surface area contributed by atoms with Gasteiger partial charge in [0, 0.05) is 11.8 Å². The van der Waals surface area contributed by atoms with Crippen LogP contribution in [-0.2, 0) is 9.59 Å². The summed E-state index contributed by atoms with van der Waals surface area (Å²) in [5, 5.41) is 16.0. The summed E-state index contributed by atoms with van der Waals surface area (Å²) < 4.78 is 46.0. The Labute approximate surface area is 133 Å². The monoisotopic (exact) mass is 348 g/mol. The second-order valence-corrected chi connectivity index (χ2v) is 4.53. The molecule has 0 radical (unpaired) electrons. The van der Waals surface area contributed by atoms with Crippen molar-refractivity contribution in [1.82, 2.24) is 9.55 Å². The van der Waals surface area contributed by atoms with E-state index in [1.165, 1.54) is 23.0 Å². The third kappa shape index (κ3) is 5.38. The van der Waals surface area contributed by atoms with Gasteiger partial charge in [-0.1, -0.05) is 0 Å². The lowest BCUT2D eigenvalue weighted by Gasteiger charge is -2.05. The van der Waals surface area contributed by atoms with Crippen molar-refractivity contribution in [3.8, 4) is 11.3 Å². The molecule has 24 heavy (non-hydrogen) atoms. The van der Waals surface area contributed by atoms with E-state index in [2.05, 4.69) is 4.98 Å². The average molecular weight is 348 g/mol. The third-order valence-corrected chi connectivity index (χ3v) is 2.79. The molecule has 0 spiro atoms. The van der Waals surface area contributed by atoms with Crippen molar-refractivity contribution in [3.05, 3.63) is 42.6 Å². The first-order valence-electron chi connectivity index (χ1n) is 6.34. The fraction of sp³-hybridized carbons (Fsp3) is 0.214. The molecule has 1 atom stereocenters. The largest absolute Gasteiger partial charge is 0.490 e. The highest BCUT2D eigenvalue weighted by atomic mass is 19.4.